The summed E-state index contributed by atoms with van der Waals surface area (Å²) < 4.78 is 1.42. The van der Waals surface area contributed by atoms with E-state index in [0.717, 1.165) is 24.5 Å². The van der Waals surface area contributed by atoms with Crippen molar-refractivity contribution in [2.45, 2.75) is 19.3 Å². The van der Waals surface area contributed by atoms with E-state index in [1.54, 1.807) is 29.3 Å². The number of carbonyl (C=O) groups is 2. The molecule has 4 heterocycles. The Labute approximate surface area is 191 Å². The number of rotatable bonds is 5. The lowest BCUT2D eigenvalue weighted by Crippen LogP contribution is -2.29. The molecule has 0 aliphatic carbocycles. The van der Waals surface area contributed by atoms with Crippen molar-refractivity contribution in [3.63, 3.8) is 0 Å². The molecule has 0 bridgehead atoms. The SMILES string of the molecule is N#Cc1cnn(-c2ccccn2)c1NC(=O)C1CC(=O)N(c2ccc(N3CCCC3)cc2)C1. The van der Waals surface area contributed by atoms with Gasteiger partial charge in [-0.3, -0.25) is 9.59 Å². The van der Waals surface area contributed by atoms with Crippen molar-refractivity contribution in [1.82, 2.24) is 14.8 Å². The van der Waals surface area contributed by atoms with Crippen LogP contribution in [-0.4, -0.2) is 46.2 Å². The van der Waals surface area contributed by atoms with Crippen LogP contribution in [0.25, 0.3) is 5.82 Å². The Morgan fingerprint density at radius 2 is 1.85 bits per heavy atom. The third-order valence-corrected chi connectivity index (χ3v) is 6.13. The molecule has 9 nitrogen and oxygen atoms in total. The third-order valence-electron chi connectivity index (χ3n) is 6.13. The Hall–Kier alpha value is -4.19. The standard InChI is InChI=1S/C24H23N7O2/c25-14-18-15-27-31(21-5-1-2-10-26-21)23(18)28-24(33)17-13-22(32)30(16-17)20-8-6-19(7-9-20)29-11-3-4-12-29/h1-2,5-10,15,17H,3-4,11-13,16H2,(H,28,33). The Balaban J connectivity index is 1.31. The molecule has 2 fully saturated rings. The maximum Gasteiger partial charge on any atom is 0.231 e. The van der Waals surface area contributed by atoms with E-state index in [9.17, 15) is 14.9 Å². The number of hydrogen-bond acceptors (Lipinski definition) is 6. The maximum atomic E-state index is 13.0. The van der Waals surface area contributed by atoms with Gasteiger partial charge in [0.1, 0.15) is 11.6 Å². The molecule has 3 aromatic rings. The Kier molecular flexibility index (Phi) is 5.48. The average molecular weight is 441 g/mol. The average Bonchev–Trinajstić information content (AvgIpc) is 3.60. The molecule has 9 heteroatoms. The predicted octanol–water partition coefficient (Wildman–Crippen LogP) is 2.73. The molecule has 2 aliphatic rings. The molecule has 1 unspecified atom stereocenters. The lowest BCUT2D eigenvalue weighted by molar-refractivity contribution is -0.122. The number of pyridine rings is 1. The second-order valence-corrected chi connectivity index (χ2v) is 8.22. The molecule has 0 saturated carbocycles. The van der Waals surface area contributed by atoms with Gasteiger partial charge >= 0.3 is 0 Å². The van der Waals surface area contributed by atoms with E-state index in [4.69, 9.17) is 0 Å². The highest BCUT2D eigenvalue weighted by Crippen LogP contribution is 2.29. The molecule has 33 heavy (non-hydrogen) atoms. The summed E-state index contributed by atoms with van der Waals surface area (Å²) in [6.07, 6.45) is 5.51. The summed E-state index contributed by atoms with van der Waals surface area (Å²) in [7, 11) is 0. The lowest BCUT2D eigenvalue weighted by Gasteiger charge is -2.20. The second kappa shape index (κ2) is 8.74. The maximum absolute atomic E-state index is 13.0. The summed E-state index contributed by atoms with van der Waals surface area (Å²) in [6, 6.07) is 15.3. The Bertz CT molecular complexity index is 1210. The molecule has 2 saturated heterocycles. The molecular weight excluding hydrogens is 418 g/mol. The van der Waals surface area contributed by atoms with E-state index in [0.29, 0.717) is 5.82 Å². The first-order valence-corrected chi connectivity index (χ1v) is 11.0. The van der Waals surface area contributed by atoms with E-state index in [2.05, 4.69) is 20.3 Å². The first kappa shape index (κ1) is 20.7. The van der Waals surface area contributed by atoms with Crippen LogP contribution in [0, 0.1) is 17.2 Å². The molecule has 2 amide bonds. The van der Waals surface area contributed by atoms with Crippen LogP contribution in [0.5, 0.6) is 0 Å². The zero-order valence-corrected chi connectivity index (χ0v) is 18.0. The normalized spacial score (nSPS) is 17.9. The van der Waals surface area contributed by atoms with Crippen LogP contribution in [0.3, 0.4) is 0 Å². The number of aromatic nitrogens is 3. The van der Waals surface area contributed by atoms with Crippen LogP contribution < -0.4 is 15.1 Å². The molecule has 2 aliphatic heterocycles. The summed E-state index contributed by atoms with van der Waals surface area (Å²) in [4.78, 5) is 34.0. The zero-order valence-electron chi connectivity index (χ0n) is 18.0. The monoisotopic (exact) mass is 441 g/mol. The van der Waals surface area contributed by atoms with E-state index in [-0.39, 0.29) is 36.2 Å². The summed E-state index contributed by atoms with van der Waals surface area (Å²) in [5.41, 5.74) is 2.17. The fourth-order valence-corrected chi connectivity index (χ4v) is 4.37. The van der Waals surface area contributed by atoms with E-state index in [1.165, 1.54) is 23.7 Å². The topological polar surface area (TPSA) is 107 Å². The number of nitriles is 1. The van der Waals surface area contributed by atoms with Gasteiger partial charge in [0.2, 0.25) is 11.8 Å². The van der Waals surface area contributed by atoms with Gasteiger partial charge in [-0.2, -0.15) is 15.0 Å². The van der Waals surface area contributed by atoms with Gasteiger partial charge in [-0.15, -0.1) is 0 Å². The molecule has 1 aromatic carbocycles. The molecule has 2 aromatic heterocycles. The quantitative estimate of drug-likeness (QED) is 0.652. The van der Waals surface area contributed by atoms with E-state index >= 15 is 0 Å². The minimum Gasteiger partial charge on any atom is -0.372 e. The van der Waals surface area contributed by atoms with Gasteiger partial charge in [0, 0.05) is 43.6 Å². The van der Waals surface area contributed by atoms with Crippen LogP contribution in [0.15, 0.2) is 54.9 Å². The molecule has 0 spiro atoms. The summed E-state index contributed by atoms with van der Waals surface area (Å²) in [5.74, 6) is -0.218. The van der Waals surface area contributed by atoms with Gasteiger partial charge < -0.3 is 15.1 Å². The van der Waals surface area contributed by atoms with Crippen LogP contribution in [-0.2, 0) is 9.59 Å². The van der Waals surface area contributed by atoms with Gasteiger partial charge in [-0.25, -0.2) is 4.98 Å². The number of benzene rings is 1. The van der Waals surface area contributed by atoms with Crippen molar-refractivity contribution >= 4 is 29.0 Å². The summed E-state index contributed by atoms with van der Waals surface area (Å²) in [5, 5.41) is 16.4. The van der Waals surface area contributed by atoms with Crippen LogP contribution in [0.4, 0.5) is 17.2 Å². The highest BCUT2D eigenvalue weighted by atomic mass is 16.2. The molecule has 1 N–H and O–H groups in total. The van der Waals surface area contributed by atoms with Crippen LogP contribution in [0.2, 0.25) is 0 Å². The number of hydrogen-bond donors (Lipinski definition) is 1. The Morgan fingerprint density at radius 3 is 2.55 bits per heavy atom. The first-order chi connectivity index (χ1) is 16.1. The van der Waals surface area contributed by atoms with E-state index in [1.807, 2.05) is 30.3 Å². The number of carbonyl (C=O) groups excluding carboxylic acids is 2. The number of amides is 2. The van der Waals surface area contributed by atoms with Gasteiger partial charge in [0.05, 0.1) is 12.1 Å². The zero-order chi connectivity index (χ0) is 22.8. The highest BCUT2D eigenvalue weighted by molar-refractivity contribution is 6.03. The third kappa shape index (κ3) is 4.03. The lowest BCUT2D eigenvalue weighted by atomic mass is 10.1. The van der Waals surface area contributed by atoms with Crippen LogP contribution in [0.1, 0.15) is 24.8 Å². The fraction of sp³-hybridized carbons (Fsp3) is 0.292. The van der Waals surface area contributed by atoms with E-state index < -0.39 is 5.92 Å². The molecule has 5 rings (SSSR count). The number of anilines is 3. The van der Waals surface area contributed by atoms with Crippen molar-refractivity contribution < 1.29 is 9.59 Å². The number of nitrogens with zero attached hydrogens (tertiary/aromatic N) is 6. The second-order valence-electron chi connectivity index (χ2n) is 8.22. The van der Waals surface area contributed by atoms with Crippen molar-refractivity contribution in [1.29, 1.82) is 5.26 Å². The van der Waals surface area contributed by atoms with Crippen molar-refractivity contribution in [3.05, 3.63) is 60.4 Å². The summed E-state index contributed by atoms with van der Waals surface area (Å²) in [6.45, 7) is 2.40. The largest absolute Gasteiger partial charge is 0.372 e. The minimum atomic E-state index is -0.533. The van der Waals surface area contributed by atoms with Gasteiger partial charge in [-0.1, -0.05) is 6.07 Å². The summed E-state index contributed by atoms with van der Waals surface area (Å²) >= 11 is 0. The predicted molar refractivity (Wildman–Crippen MR) is 123 cm³/mol. The highest BCUT2D eigenvalue weighted by Gasteiger charge is 2.36. The Morgan fingerprint density at radius 1 is 1.09 bits per heavy atom. The molecule has 1 atom stereocenters. The van der Waals surface area contributed by atoms with Crippen molar-refractivity contribution in [2.75, 3.05) is 34.8 Å². The van der Waals surface area contributed by atoms with Crippen molar-refractivity contribution in [2.24, 2.45) is 5.92 Å². The van der Waals surface area contributed by atoms with Crippen LogP contribution >= 0.6 is 0 Å². The molecule has 0 radical (unpaired) electrons. The number of nitrogens with one attached hydrogen (secondary N) is 1. The minimum absolute atomic E-state index is 0.0946. The van der Waals surface area contributed by atoms with Gasteiger partial charge in [0.15, 0.2) is 11.6 Å². The smallest absolute Gasteiger partial charge is 0.231 e. The van der Waals surface area contributed by atoms with Gasteiger partial charge in [-0.05, 0) is 49.2 Å². The van der Waals surface area contributed by atoms with Gasteiger partial charge in [0.25, 0.3) is 0 Å². The molecule has 166 valence electrons. The molecular formula is C24H23N7O2. The fourth-order valence-electron chi connectivity index (χ4n) is 4.37. The van der Waals surface area contributed by atoms with Crippen molar-refractivity contribution in [3.8, 4) is 11.9 Å². The first-order valence-electron chi connectivity index (χ1n) is 11.0.